The lowest BCUT2D eigenvalue weighted by molar-refractivity contribution is 0.162. The van der Waals surface area contributed by atoms with Crippen LogP contribution in [-0.4, -0.2) is 35.6 Å². The number of hydrogen-bond acceptors (Lipinski definition) is 3. The van der Waals surface area contributed by atoms with Crippen molar-refractivity contribution in [1.82, 2.24) is 10.3 Å². The summed E-state index contributed by atoms with van der Waals surface area (Å²) in [4.78, 5) is 3.84. The van der Waals surface area contributed by atoms with Gasteiger partial charge in [0.1, 0.15) is 12.0 Å². The topological polar surface area (TPSA) is 63.8 Å². The number of amidine groups is 1. The predicted octanol–water partition coefficient (Wildman–Crippen LogP) is 1.66. The maximum Gasteiger partial charge on any atom is 0.119 e. The third-order valence-corrected chi connectivity index (χ3v) is 1.75. The quantitative estimate of drug-likeness (QED) is 0.314. The number of nitrogens with one attached hydrogen (secondary N) is 2. The average Bonchev–Trinajstić information content (AvgIpc) is 2.12. The third kappa shape index (κ3) is 5.83. The van der Waals surface area contributed by atoms with E-state index in [1.54, 1.807) is 13.1 Å². The largest absolute Gasteiger partial charge is 0.355 e. The average molecular weight is 211 g/mol. The van der Waals surface area contributed by atoms with Crippen molar-refractivity contribution in [3.8, 4) is 0 Å². The highest BCUT2D eigenvalue weighted by atomic mass is 15.5. The molecule has 0 aliphatic carbocycles. The summed E-state index contributed by atoms with van der Waals surface area (Å²) in [6.07, 6.45) is 3.36. The fraction of sp³-hybridized carbons (Fsp3) is 0.700. The van der Waals surface area contributed by atoms with E-state index in [4.69, 9.17) is 5.41 Å². The molecular weight excluding hydrogens is 190 g/mol. The van der Waals surface area contributed by atoms with E-state index in [1.807, 2.05) is 18.9 Å². The Hall–Kier alpha value is -1.39. The van der Waals surface area contributed by atoms with Gasteiger partial charge < -0.3 is 5.32 Å². The van der Waals surface area contributed by atoms with Gasteiger partial charge in [-0.25, -0.2) is 4.99 Å². The molecule has 86 valence electrons. The summed E-state index contributed by atoms with van der Waals surface area (Å²) in [6, 6.07) is 0.318. The molecule has 5 heteroatoms. The molecule has 0 saturated heterocycles. The Balaban J connectivity index is 4.26. The Morgan fingerprint density at radius 3 is 2.40 bits per heavy atom. The summed E-state index contributed by atoms with van der Waals surface area (Å²) in [5, 5.41) is 16.4. The zero-order chi connectivity index (χ0) is 11.8. The van der Waals surface area contributed by atoms with Crippen LogP contribution in [0.1, 0.15) is 34.6 Å². The van der Waals surface area contributed by atoms with Crippen molar-refractivity contribution < 1.29 is 0 Å². The van der Waals surface area contributed by atoms with Gasteiger partial charge in [0.15, 0.2) is 0 Å². The van der Waals surface area contributed by atoms with Crippen molar-refractivity contribution >= 4 is 18.4 Å². The van der Waals surface area contributed by atoms with Crippen LogP contribution in [0, 0.1) is 5.41 Å². The standard InChI is InChI=1S/C10H21N5/c1-6-14-15(8(2)3)10(5)13-7-12-9(4)11/h6-8,10H,1-5H3,(H2,11,12,13)/b14-6-. The van der Waals surface area contributed by atoms with Crippen LogP contribution in [0.25, 0.3) is 0 Å². The van der Waals surface area contributed by atoms with Crippen molar-refractivity contribution in [2.45, 2.75) is 46.8 Å². The summed E-state index contributed by atoms with van der Waals surface area (Å²) in [5.74, 6) is 0.282. The smallest absolute Gasteiger partial charge is 0.119 e. The molecule has 2 N–H and O–H groups in total. The SMILES string of the molecule is C/C=N\N(C(C)C)C(C)NC=NC(C)=N. The van der Waals surface area contributed by atoms with Gasteiger partial charge >= 0.3 is 0 Å². The fourth-order valence-electron chi connectivity index (χ4n) is 1.13. The van der Waals surface area contributed by atoms with Crippen molar-refractivity contribution in [2.24, 2.45) is 10.1 Å². The molecule has 1 atom stereocenters. The van der Waals surface area contributed by atoms with Gasteiger partial charge in [0.2, 0.25) is 0 Å². The molecule has 15 heavy (non-hydrogen) atoms. The molecule has 0 aliphatic rings. The number of nitrogens with zero attached hydrogens (tertiary/aromatic N) is 3. The molecule has 0 saturated carbocycles. The summed E-state index contributed by atoms with van der Waals surface area (Å²) in [6.45, 7) is 9.66. The van der Waals surface area contributed by atoms with Gasteiger partial charge in [0.05, 0.1) is 6.34 Å². The molecular formula is C10H21N5. The second-order valence-electron chi connectivity index (χ2n) is 3.53. The van der Waals surface area contributed by atoms with Gasteiger partial charge in [-0.3, -0.25) is 10.4 Å². The third-order valence-electron chi connectivity index (χ3n) is 1.75. The van der Waals surface area contributed by atoms with Crippen molar-refractivity contribution in [3.63, 3.8) is 0 Å². The van der Waals surface area contributed by atoms with E-state index in [1.165, 1.54) is 6.34 Å². The van der Waals surface area contributed by atoms with Gasteiger partial charge in [-0.15, -0.1) is 0 Å². The van der Waals surface area contributed by atoms with E-state index in [0.717, 1.165) is 0 Å². The van der Waals surface area contributed by atoms with Crippen LogP contribution in [0.5, 0.6) is 0 Å². The van der Waals surface area contributed by atoms with Crippen LogP contribution in [0.2, 0.25) is 0 Å². The van der Waals surface area contributed by atoms with Crippen LogP contribution < -0.4 is 5.32 Å². The Bertz CT molecular complexity index is 244. The Kier molecular flexibility index (Phi) is 6.33. The molecule has 0 bridgehead atoms. The molecule has 0 radical (unpaired) electrons. The van der Waals surface area contributed by atoms with Gasteiger partial charge in [0.25, 0.3) is 0 Å². The zero-order valence-corrected chi connectivity index (χ0v) is 10.2. The molecule has 0 aromatic heterocycles. The van der Waals surface area contributed by atoms with Crippen molar-refractivity contribution in [2.75, 3.05) is 0 Å². The van der Waals surface area contributed by atoms with Crippen LogP contribution in [0.4, 0.5) is 0 Å². The zero-order valence-electron chi connectivity index (χ0n) is 10.2. The van der Waals surface area contributed by atoms with Crippen LogP contribution in [0.3, 0.4) is 0 Å². The minimum Gasteiger partial charge on any atom is -0.355 e. The van der Waals surface area contributed by atoms with E-state index in [0.29, 0.717) is 6.04 Å². The Labute approximate surface area is 91.8 Å². The maximum atomic E-state index is 7.13. The minimum atomic E-state index is 0.0595. The maximum absolute atomic E-state index is 7.13. The van der Waals surface area contributed by atoms with E-state index < -0.39 is 0 Å². The van der Waals surface area contributed by atoms with Crippen molar-refractivity contribution in [1.29, 1.82) is 5.41 Å². The molecule has 0 aromatic carbocycles. The molecule has 0 aromatic rings. The van der Waals surface area contributed by atoms with Crippen LogP contribution >= 0.6 is 0 Å². The lowest BCUT2D eigenvalue weighted by Gasteiger charge is -2.29. The molecule has 0 aliphatic heterocycles. The lowest BCUT2D eigenvalue weighted by atomic mass is 10.3. The van der Waals surface area contributed by atoms with E-state index in [2.05, 4.69) is 29.3 Å². The highest BCUT2D eigenvalue weighted by Gasteiger charge is 2.12. The number of aliphatic imine (C=N–C) groups is 1. The van der Waals surface area contributed by atoms with Crippen molar-refractivity contribution in [3.05, 3.63) is 0 Å². The molecule has 0 fully saturated rings. The van der Waals surface area contributed by atoms with Crippen LogP contribution in [0.15, 0.2) is 10.1 Å². The summed E-state index contributed by atoms with van der Waals surface area (Å²) in [5.41, 5.74) is 0. The summed E-state index contributed by atoms with van der Waals surface area (Å²) in [7, 11) is 0. The summed E-state index contributed by atoms with van der Waals surface area (Å²) >= 11 is 0. The fourth-order valence-corrected chi connectivity index (χ4v) is 1.13. The number of hydrogen-bond donors (Lipinski definition) is 2. The van der Waals surface area contributed by atoms with Gasteiger partial charge in [0, 0.05) is 12.3 Å². The summed E-state index contributed by atoms with van der Waals surface area (Å²) < 4.78 is 0. The first-order valence-corrected chi connectivity index (χ1v) is 5.09. The first-order valence-electron chi connectivity index (χ1n) is 5.09. The second kappa shape index (κ2) is 6.98. The lowest BCUT2D eigenvalue weighted by Crippen LogP contribution is -2.43. The highest BCUT2D eigenvalue weighted by Crippen LogP contribution is 2.02. The first-order chi connectivity index (χ1) is 6.99. The Morgan fingerprint density at radius 2 is 2.00 bits per heavy atom. The van der Waals surface area contributed by atoms with Crippen LogP contribution in [-0.2, 0) is 0 Å². The number of rotatable bonds is 5. The first kappa shape index (κ1) is 13.6. The molecule has 0 spiro atoms. The monoisotopic (exact) mass is 211 g/mol. The minimum absolute atomic E-state index is 0.0595. The second-order valence-corrected chi connectivity index (χ2v) is 3.53. The molecule has 1 unspecified atom stereocenters. The van der Waals surface area contributed by atoms with Gasteiger partial charge in [-0.2, -0.15) is 5.10 Å². The number of hydrazone groups is 1. The molecule has 5 nitrogen and oxygen atoms in total. The van der Waals surface area contributed by atoms with E-state index >= 15 is 0 Å². The molecule has 0 amide bonds. The van der Waals surface area contributed by atoms with Gasteiger partial charge in [-0.1, -0.05) is 0 Å². The normalized spacial score (nSPS) is 13.7. The van der Waals surface area contributed by atoms with E-state index in [9.17, 15) is 0 Å². The van der Waals surface area contributed by atoms with Gasteiger partial charge in [-0.05, 0) is 34.6 Å². The highest BCUT2D eigenvalue weighted by molar-refractivity contribution is 5.84. The molecule has 0 heterocycles. The Morgan fingerprint density at radius 1 is 1.40 bits per heavy atom. The predicted molar refractivity (Wildman–Crippen MR) is 65.6 cm³/mol. The van der Waals surface area contributed by atoms with E-state index in [-0.39, 0.29) is 12.0 Å². The molecule has 0 rings (SSSR count).